The molecule has 23 heavy (non-hydrogen) atoms. The first-order valence-electron chi connectivity index (χ1n) is 8.33. The SMILES string of the molecule is CC1(C)OB(c2nn(C3CCCO3)c3ccccc23)OC1(C)C. The van der Waals surface area contributed by atoms with Gasteiger partial charge in [-0.25, -0.2) is 4.68 Å². The number of ether oxygens (including phenoxy) is 1. The van der Waals surface area contributed by atoms with Crippen molar-refractivity contribution in [2.75, 3.05) is 6.61 Å². The summed E-state index contributed by atoms with van der Waals surface area (Å²) in [6, 6.07) is 8.22. The smallest absolute Gasteiger partial charge is 0.398 e. The summed E-state index contributed by atoms with van der Waals surface area (Å²) in [5.41, 5.74) is 1.18. The molecule has 3 heterocycles. The largest absolute Gasteiger partial charge is 0.517 e. The van der Waals surface area contributed by atoms with E-state index in [2.05, 4.69) is 39.8 Å². The van der Waals surface area contributed by atoms with Gasteiger partial charge in [-0.2, -0.15) is 5.10 Å². The van der Waals surface area contributed by atoms with Crippen molar-refractivity contribution >= 4 is 23.6 Å². The highest BCUT2D eigenvalue weighted by molar-refractivity contribution is 6.64. The fourth-order valence-corrected chi connectivity index (χ4v) is 3.22. The van der Waals surface area contributed by atoms with Crippen LogP contribution in [0.3, 0.4) is 0 Å². The molecule has 0 amide bonds. The third kappa shape index (κ3) is 2.32. The average molecular weight is 314 g/mol. The van der Waals surface area contributed by atoms with Gasteiger partial charge in [0.1, 0.15) is 5.59 Å². The van der Waals surface area contributed by atoms with Gasteiger partial charge >= 0.3 is 7.12 Å². The Bertz CT molecular complexity index is 719. The van der Waals surface area contributed by atoms with Crippen LogP contribution in [0.15, 0.2) is 24.3 Å². The van der Waals surface area contributed by atoms with Crippen LogP contribution in [0.5, 0.6) is 0 Å². The Labute approximate surface area is 137 Å². The zero-order chi connectivity index (χ0) is 16.2. The summed E-state index contributed by atoms with van der Waals surface area (Å²) in [6.07, 6.45) is 2.08. The van der Waals surface area contributed by atoms with Crippen LogP contribution < -0.4 is 5.59 Å². The monoisotopic (exact) mass is 314 g/mol. The van der Waals surface area contributed by atoms with E-state index >= 15 is 0 Å². The lowest BCUT2D eigenvalue weighted by Crippen LogP contribution is -2.41. The lowest BCUT2D eigenvalue weighted by Gasteiger charge is -2.32. The maximum atomic E-state index is 6.20. The first kappa shape index (κ1) is 15.2. The number of fused-ring (bicyclic) bond motifs is 1. The fraction of sp³-hybridized carbons (Fsp3) is 0.588. The van der Waals surface area contributed by atoms with Crippen molar-refractivity contribution in [1.82, 2.24) is 9.78 Å². The summed E-state index contributed by atoms with van der Waals surface area (Å²) in [6.45, 7) is 9.04. The Morgan fingerprint density at radius 3 is 2.48 bits per heavy atom. The zero-order valence-corrected chi connectivity index (χ0v) is 14.2. The van der Waals surface area contributed by atoms with Gasteiger partial charge in [0, 0.05) is 12.0 Å². The number of nitrogens with zero attached hydrogens (tertiary/aromatic N) is 2. The van der Waals surface area contributed by atoms with Gasteiger partial charge in [0.05, 0.1) is 16.7 Å². The molecule has 6 heteroatoms. The first-order valence-corrected chi connectivity index (χ1v) is 8.33. The van der Waals surface area contributed by atoms with E-state index in [1.807, 2.05) is 16.8 Å². The van der Waals surface area contributed by atoms with Crippen molar-refractivity contribution in [3.8, 4) is 0 Å². The van der Waals surface area contributed by atoms with Gasteiger partial charge < -0.3 is 14.0 Å². The molecule has 0 aliphatic carbocycles. The van der Waals surface area contributed by atoms with Crippen LogP contribution in [0.2, 0.25) is 0 Å². The number of benzene rings is 1. The van der Waals surface area contributed by atoms with Crippen molar-refractivity contribution in [2.45, 2.75) is 58.0 Å². The molecule has 5 nitrogen and oxygen atoms in total. The molecule has 2 aliphatic rings. The van der Waals surface area contributed by atoms with Crippen molar-refractivity contribution in [3.63, 3.8) is 0 Å². The van der Waals surface area contributed by atoms with Gasteiger partial charge in [0.25, 0.3) is 0 Å². The quantitative estimate of drug-likeness (QED) is 0.800. The highest BCUT2D eigenvalue weighted by Gasteiger charge is 2.53. The molecule has 122 valence electrons. The van der Waals surface area contributed by atoms with Crippen molar-refractivity contribution < 1.29 is 14.0 Å². The first-order chi connectivity index (χ1) is 10.9. The van der Waals surface area contributed by atoms with E-state index < -0.39 is 7.12 Å². The van der Waals surface area contributed by atoms with Crippen LogP contribution in [0, 0.1) is 0 Å². The molecule has 0 radical (unpaired) electrons. The molecule has 0 saturated carbocycles. The van der Waals surface area contributed by atoms with Gasteiger partial charge in [-0.05, 0) is 46.6 Å². The number of hydrogen-bond donors (Lipinski definition) is 0. The third-order valence-corrected chi connectivity index (χ3v) is 5.30. The van der Waals surface area contributed by atoms with Gasteiger partial charge in [-0.3, -0.25) is 0 Å². The molecule has 1 aromatic heterocycles. The molecular formula is C17H23BN2O3. The lowest BCUT2D eigenvalue weighted by atomic mass is 9.82. The van der Waals surface area contributed by atoms with Gasteiger partial charge in [-0.15, -0.1) is 0 Å². The van der Waals surface area contributed by atoms with E-state index in [1.54, 1.807) is 0 Å². The number of para-hydroxylation sites is 1. The molecule has 4 rings (SSSR count). The van der Waals surface area contributed by atoms with Crippen LogP contribution in [0.1, 0.15) is 46.8 Å². The van der Waals surface area contributed by atoms with Gasteiger partial charge in [-0.1, -0.05) is 18.2 Å². The Kier molecular flexibility index (Phi) is 3.34. The Balaban J connectivity index is 1.79. The number of rotatable bonds is 2. The number of aromatic nitrogens is 2. The van der Waals surface area contributed by atoms with E-state index in [0.29, 0.717) is 0 Å². The molecule has 0 N–H and O–H groups in total. The maximum Gasteiger partial charge on any atom is 0.517 e. The minimum Gasteiger partial charge on any atom is -0.398 e. The molecule has 0 bridgehead atoms. The fourth-order valence-electron chi connectivity index (χ4n) is 3.22. The minimum absolute atomic E-state index is 0.0103. The molecule has 1 unspecified atom stereocenters. The summed E-state index contributed by atoms with van der Waals surface area (Å²) in [7, 11) is -0.451. The van der Waals surface area contributed by atoms with Crippen molar-refractivity contribution in [1.29, 1.82) is 0 Å². The highest BCUT2D eigenvalue weighted by Crippen LogP contribution is 2.37. The summed E-state index contributed by atoms with van der Waals surface area (Å²) < 4.78 is 20.2. The predicted molar refractivity (Wildman–Crippen MR) is 89.7 cm³/mol. The molecule has 1 atom stereocenters. The molecule has 0 spiro atoms. The highest BCUT2D eigenvalue weighted by atomic mass is 16.7. The molecule has 1 aromatic carbocycles. The topological polar surface area (TPSA) is 45.5 Å². The van der Waals surface area contributed by atoms with Gasteiger partial charge in [0.15, 0.2) is 6.23 Å². The second-order valence-corrected chi connectivity index (χ2v) is 7.40. The van der Waals surface area contributed by atoms with E-state index in [9.17, 15) is 0 Å². The second kappa shape index (κ2) is 5.06. The molecule has 2 aromatic rings. The Morgan fingerprint density at radius 1 is 1.13 bits per heavy atom. The minimum atomic E-state index is -0.451. The van der Waals surface area contributed by atoms with Crippen LogP contribution >= 0.6 is 0 Å². The molecule has 2 fully saturated rings. The summed E-state index contributed by atoms with van der Waals surface area (Å²) in [4.78, 5) is 0. The lowest BCUT2D eigenvalue weighted by molar-refractivity contribution is 0.00578. The van der Waals surface area contributed by atoms with Crippen LogP contribution in [-0.4, -0.2) is 34.7 Å². The maximum absolute atomic E-state index is 6.20. The normalized spacial score (nSPS) is 26.3. The van der Waals surface area contributed by atoms with Crippen LogP contribution in [0.4, 0.5) is 0 Å². The predicted octanol–water partition coefficient (Wildman–Crippen LogP) is 2.64. The number of hydrogen-bond acceptors (Lipinski definition) is 4. The van der Waals surface area contributed by atoms with Crippen LogP contribution in [-0.2, 0) is 14.0 Å². The molecule has 2 aliphatic heterocycles. The van der Waals surface area contributed by atoms with Crippen molar-refractivity contribution in [2.24, 2.45) is 0 Å². The third-order valence-electron chi connectivity index (χ3n) is 5.30. The van der Waals surface area contributed by atoms with Crippen molar-refractivity contribution in [3.05, 3.63) is 24.3 Å². The van der Waals surface area contributed by atoms with E-state index in [4.69, 9.17) is 19.1 Å². The summed E-state index contributed by atoms with van der Waals surface area (Å²) >= 11 is 0. The molecular weight excluding hydrogens is 291 g/mol. The van der Waals surface area contributed by atoms with E-state index in [1.165, 1.54) is 0 Å². The van der Waals surface area contributed by atoms with Crippen LogP contribution in [0.25, 0.3) is 10.9 Å². The summed E-state index contributed by atoms with van der Waals surface area (Å²) in [5.74, 6) is 0. The average Bonchev–Trinajstić information content (AvgIpc) is 3.16. The summed E-state index contributed by atoms with van der Waals surface area (Å²) in [5, 5.41) is 5.90. The standard InChI is InChI=1S/C17H23BN2O3/c1-16(2)17(3,4)23-18(22-16)15-12-8-5-6-9-13(12)20(19-15)14-10-7-11-21-14/h5-6,8-9,14H,7,10-11H2,1-4H3. The Hall–Kier alpha value is -1.37. The van der Waals surface area contributed by atoms with E-state index in [-0.39, 0.29) is 17.4 Å². The second-order valence-electron chi connectivity index (χ2n) is 7.40. The zero-order valence-electron chi connectivity index (χ0n) is 14.2. The van der Waals surface area contributed by atoms with E-state index in [0.717, 1.165) is 35.9 Å². The Morgan fingerprint density at radius 2 is 1.83 bits per heavy atom. The van der Waals surface area contributed by atoms with Gasteiger partial charge in [0.2, 0.25) is 0 Å². The molecule has 2 saturated heterocycles.